The largest absolute Gasteiger partial charge is 0.497 e. The Kier molecular flexibility index (Phi) is 6.67. The number of carbonyl (C=O) groups is 1. The van der Waals surface area contributed by atoms with Crippen molar-refractivity contribution in [3.05, 3.63) is 24.3 Å². The Hall–Kier alpha value is -1.26. The van der Waals surface area contributed by atoms with Crippen molar-refractivity contribution in [2.24, 2.45) is 0 Å². The summed E-state index contributed by atoms with van der Waals surface area (Å²) in [4.78, 5) is 11.8. The molecule has 0 radical (unpaired) electrons. The van der Waals surface area contributed by atoms with E-state index in [-0.39, 0.29) is 18.3 Å². The van der Waals surface area contributed by atoms with E-state index in [0.717, 1.165) is 24.4 Å². The highest BCUT2D eigenvalue weighted by molar-refractivity contribution is 5.90. The lowest BCUT2D eigenvalue weighted by atomic mass is 10.1. The second-order valence-electron chi connectivity index (χ2n) is 4.61. The lowest BCUT2D eigenvalue weighted by molar-refractivity contribution is -0.116. The third-order valence-electron chi connectivity index (χ3n) is 3.26. The Morgan fingerprint density at radius 2 is 2.16 bits per heavy atom. The van der Waals surface area contributed by atoms with Gasteiger partial charge in [-0.1, -0.05) is 0 Å². The minimum absolute atomic E-state index is 0. The van der Waals surface area contributed by atoms with Gasteiger partial charge < -0.3 is 15.4 Å². The standard InChI is InChI=1S/C14H20N2O2.ClH/c1-18-13-7-4-12(5-8-13)16-14(17)9-6-11-3-2-10-15-11;/h4-5,7-8,11,15H,2-3,6,9-10H2,1H3,(H,16,17);1H. The molecule has 1 aliphatic rings. The second-order valence-corrected chi connectivity index (χ2v) is 4.61. The summed E-state index contributed by atoms with van der Waals surface area (Å²) < 4.78 is 5.07. The third-order valence-corrected chi connectivity index (χ3v) is 3.26. The molecule has 1 aliphatic heterocycles. The van der Waals surface area contributed by atoms with Gasteiger partial charge in [-0.3, -0.25) is 4.79 Å². The summed E-state index contributed by atoms with van der Waals surface area (Å²) >= 11 is 0. The first-order chi connectivity index (χ1) is 8.78. The van der Waals surface area contributed by atoms with Gasteiger partial charge in [-0.05, 0) is 50.1 Å². The van der Waals surface area contributed by atoms with Crippen LogP contribution in [-0.4, -0.2) is 25.6 Å². The molecule has 0 aromatic heterocycles. The number of carbonyl (C=O) groups excluding carboxylic acids is 1. The number of anilines is 1. The molecule has 1 saturated heterocycles. The number of nitrogens with one attached hydrogen (secondary N) is 2. The van der Waals surface area contributed by atoms with Crippen molar-refractivity contribution < 1.29 is 9.53 Å². The van der Waals surface area contributed by atoms with Crippen molar-refractivity contribution in [3.8, 4) is 5.75 Å². The SMILES string of the molecule is COc1ccc(NC(=O)CCC2CCCN2)cc1.Cl. The molecule has 1 aromatic carbocycles. The highest BCUT2D eigenvalue weighted by Crippen LogP contribution is 2.16. The number of hydrogen-bond acceptors (Lipinski definition) is 3. The monoisotopic (exact) mass is 284 g/mol. The Morgan fingerprint density at radius 1 is 1.42 bits per heavy atom. The van der Waals surface area contributed by atoms with Crippen molar-refractivity contribution >= 4 is 24.0 Å². The van der Waals surface area contributed by atoms with Crippen molar-refractivity contribution in [1.29, 1.82) is 0 Å². The van der Waals surface area contributed by atoms with E-state index in [9.17, 15) is 4.79 Å². The summed E-state index contributed by atoms with van der Waals surface area (Å²) in [6.45, 7) is 1.09. The molecule has 106 valence electrons. The van der Waals surface area contributed by atoms with Gasteiger partial charge in [-0.25, -0.2) is 0 Å². The Balaban J connectivity index is 0.00000180. The maximum Gasteiger partial charge on any atom is 0.224 e. The fraction of sp³-hybridized carbons (Fsp3) is 0.500. The van der Waals surface area contributed by atoms with Crippen LogP contribution in [0.2, 0.25) is 0 Å². The molecule has 5 heteroatoms. The van der Waals surface area contributed by atoms with Gasteiger partial charge in [0.15, 0.2) is 0 Å². The molecule has 0 aliphatic carbocycles. The van der Waals surface area contributed by atoms with Gasteiger partial charge >= 0.3 is 0 Å². The zero-order valence-corrected chi connectivity index (χ0v) is 12.0. The molecule has 2 rings (SSSR count). The number of halogens is 1. The number of benzene rings is 1. The molecule has 1 unspecified atom stereocenters. The van der Waals surface area contributed by atoms with Gasteiger partial charge in [0, 0.05) is 18.2 Å². The maximum absolute atomic E-state index is 11.8. The summed E-state index contributed by atoms with van der Waals surface area (Å²) in [6, 6.07) is 7.91. The first-order valence-corrected chi connectivity index (χ1v) is 6.45. The van der Waals surface area contributed by atoms with Crippen LogP contribution in [0.3, 0.4) is 0 Å². The normalized spacial score (nSPS) is 17.6. The van der Waals surface area contributed by atoms with Gasteiger partial charge in [0.05, 0.1) is 7.11 Å². The van der Waals surface area contributed by atoms with Gasteiger partial charge in [-0.15, -0.1) is 12.4 Å². The van der Waals surface area contributed by atoms with Crippen LogP contribution >= 0.6 is 12.4 Å². The van der Waals surface area contributed by atoms with E-state index >= 15 is 0 Å². The van der Waals surface area contributed by atoms with Crippen LogP contribution in [-0.2, 0) is 4.79 Å². The van der Waals surface area contributed by atoms with E-state index in [1.807, 2.05) is 24.3 Å². The lowest BCUT2D eigenvalue weighted by Gasteiger charge is -2.10. The van der Waals surface area contributed by atoms with Crippen LogP contribution in [0.15, 0.2) is 24.3 Å². The zero-order chi connectivity index (χ0) is 12.8. The van der Waals surface area contributed by atoms with E-state index in [1.165, 1.54) is 12.8 Å². The average Bonchev–Trinajstić information content (AvgIpc) is 2.90. The van der Waals surface area contributed by atoms with E-state index in [1.54, 1.807) is 7.11 Å². The zero-order valence-electron chi connectivity index (χ0n) is 11.1. The topological polar surface area (TPSA) is 50.4 Å². The van der Waals surface area contributed by atoms with E-state index in [0.29, 0.717) is 12.5 Å². The predicted molar refractivity (Wildman–Crippen MR) is 79.1 cm³/mol. The molecule has 0 saturated carbocycles. The first-order valence-electron chi connectivity index (χ1n) is 6.45. The number of hydrogen-bond donors (Lipinski definition) is 2. The van der Waals surface area contributed by atoms with Crippen molar-refractivity contribution in [2.75, 3.05) is 19.0 Å². The van der Waals surface area contributed by atoms with Gasteiger partial charge in [0.25, 0.3) is 0 Å². The van der Waals surface area contributed by atoms with E-state index in [2.05, 4.69) is 10.6 Å². The van der Waals surface area contributed by atoms with Crippen LogP contribution in [0, 0.1) is 0 Å². The van der Waals surface area contributed by atoms with E-state index in [4.69, 9.17) is 4.74 Å². The fourth-order valence-electron chi connectivity index (χ4n) is 2.21. The number of ether oxygens (including phenoxy) is 1. The van der Waals surface area contributed by atoms with Crippen LogP contribution in [0.4, 0.5) is 5.69 Å². The molecule has 19 heavy (non-hydrogen) atoms. The fourth-order valence-corrected chi connectivity index (χ4v) is 2.21. The molecule has 0 spiro atoms. The van der Waals surface area contributed by atoms with Crippen LogP contribution in [0.5, 0.6) is 5.75 Å². The Labute approximate surface area is 120 Å². The van der Waals surface area contributed by atoms with Crippen molar-refractivity contribution in [1.82, 2.24) is 5.32 Å². The molecule has 2 N–H and O–H groups in total. The predicted octanol–water partition coefficient (Wildman–Crippen LogP) is 2.59. The highest BCUT2D eigenvalue weighted by Gasteiger charge is 2.15. The Bertz CT molecular complexity index is 389. The quantitative estimate of drug-likeness (QED) is 0.874. The van der Waals surface area contributed by atoms with Gasteiger partial charge in [0.2, 0.25) is 5.91 Å². The maximum atomic E-state index is 11.8. The first kappa shape index (κ1) is 15.8. The minimum Gasteiger partial charge on any atom is -0.497 e. The summed E-state index contributed by atoms with van der Waals surface area (Å²) in [5, 5.41) is 6.29. The third kappa shape index (κ3) is 5.09. The van der Waals surface area contributed by atoms with Crippen LogP contribution < -0.4 is 15.4 Å². The Morgan fingerprint density at radius 3 is 2.74 bits per heavy atom. The number of amides is 1. The van der Waals surface area contributed by atoms with Gasteiger partial charge in [0.1, 0.15) is 5.75 Å². The molecule has 1 aromatic rings. The van der Waals surface area contributed by atoms with Crippen molar-refractivity contribution in [2.45, 2.75) is 31.7 Å². The molecule has 1 atom stereocenters. The van der Waals surface area contributed by atoms with Crippen LogP contribution in [0.25, 0.3) is 0 Å². The number of rotatable bonds is 5. The lowest BCUT2D eigenvalue weighted by Crippen LogP contribution is -2.23. The minimum atomic E-state index is 0. The summed E-state index contributed by atoms with van der Waals surface area (Å²) in [7, 11) is 1.63. The number of methoxy groups -OCH3 is 1. The molecular weight excluding hydrogens is 264 g/mol. The summed E-state index contributed by atoms with van der Waals surface area (Å²) in [6.07, 6.45) is 3.91. The molecule has 1 fully saturated rings. The summed E-state index contributed by atoms with van der Waals surface area (Å²) in [5.74, 6) is 0.872. The van der Waals surface area contributed by atoms with E-state index < -0.39 is 0 Å². The van der Waals surface area contributed by atoms with Crippen LogP contribution in [0.1, 0.15) is 25.7 Å². The van der Waals surface area contributed by atoms with Gasteiger partial charge in [-0.2, -0.15) is 0 Å². The highest BCUT2D eigenvalue weighted by atomic mass is 35.5. The second kappa shape index (κ2) is 8.02. The molecule has 1 heterocycles. The molecule has 0 bridgehead atoms. The average molecular weight is 285 g/mol. The van der Waals surface area contributed by atoms with Crippen molar-refractivity contribution in [3.63, 3.8) is 0 Å². The summed E-state index contributed by atoms with van der Waals surface area (Å²) in [5.41, 5.74) is 0.820. The molecule has 1 amide bonds. The molecule has 4 nitrogen and oxygen atoms in total. The smallest absolute Gasteiger partial charge is 0.224 e. The molecular formula is C14H21ClN2O2.